The first-order chi connectivity index (χ1) is 14.6. The van der Waals surface area contributed by atoms with E-state index in [1.807, 2.05) is 19.1 Å². The van der Waals surface area contributed by atoms with Crippen molar-refractivity contribution in [2.75, 3.05) is 38.1 Å². The van der Waals surface area contributed by atoms with E-state index in [4.69, 9.17) is 0 Å². The van der Waals surface area contributed by atoms with Crippen molar-refractivity contribution in [3.8, 4) is 0 Å². The van der Waals surface area contributed by atoms with Crippen LogP contribution >= 0.6 is 0 Å². The highest BCUT2D eigenvalue weighted by Crippen LogP contribution is 2.17. The summed E-state index contributed by atoms with van der Waals surface area (Å²) in [6.07, 6.45) is 4.20. The number of fused-ring (bicyclic) bond motifs is 1. The zero-order valence-electron chi connectivity index (χ0n) is 17.2. The maximum atomic E-state index is 12.0. The van der Waals surface area contributed by atoms with Crippen LogP contribution in [0.5, 0.6) is 0 Å². The number of carbonyl (C=O) groups is 1. The molecule has 9 heteroatoms. The summed E-state index contributed by atoms with van der Waals surface area (Å²) in [7, 11) is 1.59. The molecule has 1 fully saturated rings. The van der Waals surface area contributed by atoms with Crippen LogP contribution in [0.1, 0.15) is 28.7 Å². The molecule has 4 rings (SSSR count). The van der Waals surface area contributed by atoms with Crippen LogP contribution in [0.3, 0.4) is 0 Å². The third kappa shape index (κ3) is 4.16. The number of anilines is 1. The van der Waals surface area contributed by atoms with Crippen LogP contribution in [-0.2, 0) is 13.0 Å². The van der Waals surface area contributed by atoms with Gasteiger partial charge in [-0.05, 0) is 24.6 Å². The van der Waals surface area contributed by atoms with Crippen LogP contribution in [0.4, 0.5) is 5.69 Å². The molecule has 2 N–H and O–H groups in total. The number of carbonyl (C=O) groups excluding carboxylic acids is 1. The number of H-pyrrole nitrogens is 1. The van der Waals surface area contributed by atoms with Crippen molar-refractivity contribution in [1.29, 1.82) is 0 Å². The van der Waals surface area contributed by atoms with E-state index in [1.54, 1.807) is 25.5 Å². The Bertz CT molecular complexity index is 1100. The second-order valence-corrected chi connectivity index (χ2v) is 7.32. The first-order valence-corrected chi connectivity index (χ1v) is 10.1. The summed E-state index contributed by atoms with van der Waals surface area (Å²) in [5.74, 6) is -0.185. The predicted molar refractivity (Wildman–Crippen MR) is 115 cm³/mol. The first kappa shape index (κ1) is 20.0. The fraction of sp³-hybridized carbons (Fsp3) is 0.381. The fourth-order valence-electron chi connectivity index (χ4n) is 3.62. The van der Waals surface area contributed by atoms with Gasteiger partial charge in [0.05, 0.1) is 23.8 Å². The van der Waals surface area contributed by atoms with Gasteiger partial charge in [-0.1, -0.05) is 6.92 Å². The fourth-order valence-corrected chi connectivity index (χ4v) is 3.62. The van der Waals surface area contributed by atoms with Gasteiger partial charge in [0.2, 0.25) is 0 Å². The van der Waals surface area contributed by atoms with Crippen molar-refractivity contribution in [2.45, 2.75) is 19.9 Å². The van der Waals surface area contributed by atoms with Crippen molar-refractivity contribution in [3.63, 3.8) is 0 Å². The second kappa shape index (κ2) is 8.58. The second-order valence-electron chi connectivity index (χ2n) is 7.32. The number of amides is 1. The van der Waals surface area contributed by atoms with Gasteiger partial charge in [0, 0.05) is 45.3 Å². The molecule has 0 aliphatic carbocycles. The Hall–Kier alpha value is -3.33. The number of aromatic amines is 1. The molecule has 30 heavy (non-hydrogen) atoms. The normalized spacial score (nSPS) is 14.8. The third-order valence-corrected chi connectivity index (χ3v) is 5.40. The van der Waals surface area contributed by atoms with Gasteiger partial charge in [0.15, 0.2) is 5.65 Å². The minimum absolute atomic E-state index is 0.0962. The van der Waals surface area contributed by atoms with Crippen molar-refractivity contribution >= 4 is 22.8 Å². The van der Waals surface area contributed by atoms with E-state index in [9.17, 15) is 9.59 Å². The molecule has 0 bridgehead atoms. The molecule has 1 saturated heterocycles. The largest absolute Gasteiger partial charge is 0.368 e. The standard InChI is InChI=1S/C21H25N7O2/c1-3-14-10-18-19(26-20(14)29)25-15(11-23-18)13-27-6-8-28(9-7-27)16-4-5-17(24-12-16)21(30)22-2/h4-5,10-12H,3,6-9,13H2,1-2H3,(H,22,30)(H,25,26,29). The Morgan fingerprint density at radius 1 is 1.17 bits per heavy atom. The van der Waals surface area contributed by atoms with Crippen LogP contribution in [0.15, 0.2) is 35.4 Å². The summed E-state index contributed by atoms with van der Waals surface area (Å²) in [4.78, 5) is 44.4. The maximum Gasteiger partial charge on any atom is 0.269 e. The highest BCUT2D eigenvalue weighted by molar-refractivity contribution is 5.92. The average Bonchev–Trinajstić information content (AvgIpc) is 2.78. The molecule has 156 valence electrons. The van der Waals surface area contributed by atoms with E-state index >= 15 is 0 Å². The Kier molecular flexibility index (Phi) is 5.71. The third-order valence-electron chi connectivity index (χ3n) is 5.40. The van der Waals surface area contributed by atoms with Gasteiger partial charge >= 0.3 is 0 Å². The van der Waals surface area contributed by atoms with Crippen LogP contribution in [0.25, 0.3) is 11.2 Å². The molecule has 0 unspecified atom stereocenters. The summed E-state index contributed by atoms with van der Waals surface area (Å²) in [6.45, 7) is 6.11. The summed E-state index contributed by atoms with van der Waals surface area (Å²) in [5.41, 5.74) is 4.14. The molecule has 0 aromatic carbocycles. The number of aromatic nitrogens is 4. The molecule has 0 spiro atoms. The lowest BCUT2D eigenvalue weighted by Gasteiger charge is -2.35. The Labute approximate surface area is 174 Å². The number of hydrogen-bond acceptors (Lipinski definition) is 7. The summed E-state index contributed by atoms with van der Waals surface area (Å²) in [5, 5.41) is 2.58. The van der Waals surface area contributed by atoms with Crippen LogP contribution in [0, 0.1) is 0 Å². The molecular formula is C21H25N7O2. The molecule has 0 saturated carbocycles. The molecule has 9 nitrogen and oxygen atoms in total. The number of nitrogens with one attached hydrogen (secondary N) is 2. The number of nitrogens with zero attached hydrogens (tertiary/aromatic N) is 5. The van der Waals surface area contributed by atoms with Gasteiger partial charge in [-0.2, -0.15) is 0 Å². The molecule has 3 aromatic heterocycles. The Balaban J connectivity index is 1.38. The summed E-state index contributed by atoms with van der Waals surface area (Å²) < 4.78 is 0. The molecular weight excluding hydrogens is 382 g/mol. The highest BCUT2D eigenvalue weighted by Gasteiger charge is 2.19. The molecule has 1 aliphatic rings. The van der Waals surface area contributed by atoms with Crippen LogP contribution in [-0.4, -0.2) is 64.0 Å². The number of piperazine rings is 1. The monoisotopic (exact) mass is 407 g/mol. The SMILES string of the molecule is CCc1cc2ncc(CN3CCN(c4ccc(C(=O)NC)nc4)CC3)nc2[nH]c1=O. The van der Waals surface area contributed by atoms with E-state index in [1.165, 1.54) is 0 Å². The van der Waals surface area contributed by atoms with Gasteiger partial charge in [0.25, 0.3) is 11.5 Å². The number of aryl methyl sites for hydroxylation is 1. The zero-order valence-corrected chi connectivity index (χ0v) is 17.2. The number of hydrogen-bond donors (Lipinski definition) is 2. The average molecular weight is 407 g/mol. The van der Waals surface area contributed by atoms with E-state index in [-0.39, 0.29) is 11.5 Å². The van der Waals surface area contributed by atoms with Gasteiger partial charge in [0.1, 0.15) is 11.2 Å². The smallest absolute Gasteiger partial charge is 0.269 e. The number of rotatable bonds is 5. The van der Waals surface area contributed by atoms with Gasteiger partial charge in [-0.25, -0.2) is 9.97 Å². The Morgan fingerprint density at radius 3 is 2.63 bits per heavy atom. The summed E-state index contributed by atoms with van der Waals surface area (Å²) >= 11 is 0. The quantitative estimate of drug-likeness (QED) is 0.649. The van der Waals surface area contributed by atoms with Gasteiger partial charge in [-0.3, -0.25) is 19.5 Å². The number of pyridine rings is 2. The van der Waals surface area contributed by atoms with E-state index in [0.29, 0.717) is 29.8 Å². The molecule has 3 aromatic rings. The lowest BCUT2D eigenvalue weighted by Crippen LogP contribution is -2.46. The van der Waals surface area contributed by atoms with Gasteiger partial charge in [-0.15, -0.1) is 0 Å². The van der Waals surface area contributed by atoms with Crippen LogP contribution in [0.2, 0.25) is 0 Å². The van der Waals surface area contributed by atoms with Gasteiger partial charge < -0.3 is 15.2 Å². The molecule has 0 atom stereocenters. The van der Waals surface area contributed by atoms with E-state index in [2.05, 4.69) is 35.1 Å². The molecule has 4 heterocycles. The van der Waals surface area contributed by atoms with Crippen molar-refractivity contribution in [2.24, 2.45) is 0 Å². The van der Waals surface area contributed by atoms with Crippen molar-refractivity contribution in [1.82, 2.24) is 30.2 Å². The van der Waals surface area contributed by atoms with Crippen molar-refractivity contribution < 1.29 is 4.79 Å². The maximum absolute atomic E-state index is 12.0. The minimum atomic E-state index is -0.185. The first-order valence-electron chi connectivity index (χ1n) is 10.1. The predicted octanol–water partition coefficient (Wildman–Crippen LogP) is 0.957. The van der Waals surface area contributed by atoms with Crippen LogP contribution < -0.4 is 15.8 Å². The lowest BCUT2D eigenvalue weighted by atomic mass is 10.2. The molecule has 1 aliphatic heterocycles. The minimum Gasteiger partial charge on any atom is -0.368 e. The highest BCUT2D eigenvalue weighted by atomic mass is 16.1. The summed E-state index contributed by atoms with van der Waals surface area (Å²) in [6, 6.07) is 5.49. The molecule has 0 radical (unpaired) electrons. The van der Waals surface area contributed by atoms with E-state index < -0.39 is 0 Å². The molecule has 1 amide bonds. The zero-order chi connectivity index (χ0) is 21.1. The van der Waals surface area contributed by atoms with Crippen molar-refractivity contribution in [3.05, 3.63) is 57.9 Å². The van der Waals surface area contributed by atoms with E-state index in [0.717, 1.165) is 43.1 Å². The topological polar surface area (TPSA) is 107 Å². The lowest BCUT2D eigenvalue weighted by molar-refractivity contribution is 0.0958. The Morgan fingerprint density at radius 2 is 1.97 bits per heavy atom.